The van der Waals surface area contributed by atoms with Crippen molar-refractivity contribution in [1.29, 1.82) is 0 Å². The largest absolute Gasteiger partial charge is 0.497 e. The van der Waals surface area contributed by atoms with Crippen LogP contribution in [-0.2, 0) is 14.9 Å². The lowest BCUT2D eigenvalue weighted by atomic mass is 10.1. The van der Waals surface area contributed by atoms with Crippen LogP contribution < -0.4 is 10.1 Å². The van der Waals surface area contributed by atoms with Crippen LogP contribution in [-0.4, -0.2) is 70.1 Å². The van der Waals surface area contributed by atoms with Crippen molar-refractivity contribution in [3.63, 3.8) is 0 Å². The summed E-state index contributed by atoms with van der Waals surface area (Å²) in [4.78, 5) is 0. The molecule has 1 aromatic rings. The van der Waals surface area contributed by atoms with E-state index >= 15 is 0 Å². The summed E-state index contributed by atoms with van der Waals surface area (Å²) in [5, 5.41) is 3.29. The Bertz CT molecular complexity index is 614. The molecule has 0 radical (unpaired) electrons. The Kier molecular flexibility index (Phi) is 5.17. The number of methoxy groups -OCH3 is 1. The van der Waals surface area contributed by atoms with Gasteiger partial charge in [-0.1, -0.05) is 12.1 Å². The maximum atomic E-state index is 13.0. The van der Waals surface area contributed by atoms with Crippen LogP contribution in [0.25, 0.3) is 0 Å². The van der Waals surface area contributed by atoms with Crippen molar-refractivity contribution >= 4 is 10.2 Å². The van der Waals surface area contributed by atoms with Gasteiger partial charge in [0, 0.05) is 32.7 Å². The molecular formula is C15H23N3O4S. The number of ether oxygens (including phenoxy) is 2. The van der Waals surface area contributed by atoms with E-state index in [2.05, 4.69) is 5.32 Å². The third-order valence-corrected chi connectivity index (χ3v) is 6.34. The predicted molar refractivity (Wildman–Crippen MR) is 86.6 cm³/mol. The molecule has 2 fully saturated rings. The van der Waals surface area contributed by atoms with Crippen LogP contribution in [0.1, 0.15) is 11.6 Å². The van der Waals surface area contributed by atoms with Crippen LogP contribution in [0.15, 0.2) is 24.3 Å². The zero-order valence-corrected chi connectivity index (χ0v) is 14.1. The monoisotopic (exact) mass is 341 g/mol. The summed E-state index contributed by atoms with van der Waals surface area (Å²) >= 11 is 0. The summed E-state index contributed by atoms with van der Waals surface area (Å²) in [5.74, 6) is 0.764. The van der Waals surface area contributed by atoms with Crippen molar-refractivity contribution in [2.75, 3.05) is 53.0 Å². The average Bonchev–Trinajstić information content (AvgIpc) is 2.62. The minimum atomic E-state index is -3.48. The third-order valence-electron chi connectivity index (χ3n) is 4.29. The van der Waals surface area contributed by atoms with Crippen molar-refractivity contribution in [2.24, 2.45) is 0 Å². The van der Waals surface area contributed by atoms with Crippen LogP contribution >= 0.6 is 0 Å². The van der Waals surface area contributed by atoms with Gasteiger partial charge in [0.2, 0.25) is 0 Å². The molecule has 0 saturated carbocycles. The van der Waals surface area contributed by atoms with Crippen LogP contribution in [0, 0.1) is 0 Å². The maximum Gasteiger partial charge on any atom is 0.282 e. The normalized spacial score (nSPS) is 24.5. The molecule has 0 bridgehead atoms. The number of rotatable bonds is 4. The second-order valence-corrected chi connectivity index (χ2v) is 7.50. The SMILES string of the molecule is COc1ccc([C@@H]2CNCCN2S(=O)(=O)N2CCOCC2)cc1. The van der Waals surface area contributed by atoms with E-state index in [9.17, 15) is 8.42 Å². The topological polar surface area (TPSA) is 71.1 Å². The third kappa shape index (κ3) is 3.51. The molecule has 23 heavy (non-hydrogen) atoms. The van der Waals surface area contributed by atoms with Gasteiger partial charge in [-0.05, 0) is 17.7 Å². The Morgan fingerprint density at radius 2 is 1.87 bits per heavy atom. The molecule has 2 heterocycles. The van der Waals surface area contributed by atoms with Gasteiger partial charge in [0.05, 0.1) is 26.4 Å². The van der Waals surface area contributed by atoms with Crippen molar-refractivity contribution < 1.29 is 17.9 Å². The Morgan fingerprint density at radius 1 is 1.17 bits per heavy atom. The van der Waals surface area contributed by atoms with Gasteiger partial charge in [0.15, 0.2) is 0 Å². The molecule has 8 heteroatoms. The highest BCUT2D eigenvalue weighted by Crippen LogP contribution is 2.28. The van der Waals surface area contributed by atoms with Crippen molar-refractivity contribution in [1.82, 2.24) is 13.9 Å². The van der Waals surface area contributed by atoms with Crippen molar-refractivity contribution in [3.05, 3.63) is 29.8 Å². The Labute approximate surface area is 137 Å². The number of nitrogens with zero attached hydrogens (tertiary/aromatic N) is 2. The molecule has 2 aliphatic rings. The van der Waals surface area contributed by atoms with E-state index < -0.39 is 10.2 Å². The first kappa shape index (κ1) is 16.7. The number of hydrogen-bond acceptors (Lipinski definition) is 5. The van der Waals surface area contributed by atoms with Gasteiger partial charge in [-0.3, -0.25) is 0 Å². The van der Waals surface area contributed by atoms with Gasteiger partial charge in [-0.15, -0.1) is 0 Å². The van der Waals surface area contributed by atoms with Crippen LogP contribution in [0.3, 0.4) is 0 Å². The van der Waals surface area contributed by atoms with Crippen LogP contribution in [0.2, 0.25) is 0 Å². The molecule has 0 spiro atoms. The number of benzene rings is 1. The van der Waals surface area contributed by atoms with E-state index in [0.717, 1.165) is 11.3 Å². The zero-order chi connectivity index (χ0) is 16.3. The summed E-state index contributed by atoms with van der Waals surface area (Å²) in [7, 11) is -1.87. The number of hydrogen-bond donors (Lipinski definition) is 1. The van der Waals surface area contributed by atoms with Crippen molar-refractivity contribution in [3.8, 4) is 5.75 Å². The Morgan fingerprint density at radius 3 is 2.52 bits per heavy atom. The lowest BCUT2D eigenvalue weighted by molar-refractivity contribution is 0.0685. The first-order chi connectivity index (χ1) is 11.1. The summed E-state index contributed by atoms with van der Waals surface area (Å²) in [6.07, 6.45) is 0. The summed E-state index contributed by atoms with van der Waals surface area (Å²) in [6.45, 7) is 3.49. The molecule has 2 aliphatic heterocycles. The zero-order valence-electron chi connectivity index (χ0n) is 13.3. The number of morpholine rings is 1. The Balaban J connectivity index is 1.85. The lowest BCUT2D eigenvalue weighted by Gasteiger charge is -2.39. The molecule has 128 valence electrons. The smallest absolute Gasteiger partial charge is 0.282 e. The van der Waals surface area contributed by atoms with Gasteiger partial charge in [0.1, 0.15) is 5.75 Å². The van der Waals surface area contributed by atoms with Crippen LogP contribution in [0.4, 0.5) is 0 Å². The molecule has 0 amide bonds. The second kappa shape index (κ2) is 7.14. The molecule has 1 atom stereocenters. The fraction of sp³-hybridized carbons (Fsp3) is 0.600. The highest BCUT2D eigenvalue weighted by Gasteiger charge is 2.37. The molecule has 1 N–H and O–H groups in total. The lowest BCUT2D eigenvalue weighted by Crippen LogP contribution is -2.55. The molecular weight excluding hydrogens is 318 g/mol. The minimum Gasteiger partial charge on any atom is -0.497 e. The van der Waals surface area contributed by atoms with Gasteiger partial charge in [-0.2, -0.15) is 17.0 Å². The van der Waals surface area contributed by atoms with Gasteiger partial charge in [0.25, 0.3) is 10.2 Å². The molecule has 0 aromatic heterocycles. The molecule has 0 unspecified atom stereocenters. The molecule has 7 nitrogen and oxygen atoms in total. The summed E-state index contributed by atoms with van der Waals surface area (Å²) in [6, 6.07) is 7.38. The first-order valence-corrected chi connectivity index (χ1v) is 9.22. The average molecular weight is 341 g/mol. The maximum absolute atomic E-state index is 13.0. The molecule has 0 aliphatic carbocycles. The van der Waals surface area contributed by atoms with E-state index in [-0.39, 0.29) is 6.04 Å². The van der Waals surface area contributed by atoms with E-state index in [4.69, 9.17) is 9.47 Å². The van der Waals surface area contributed by atoms with E-state index in [0.29, 0.717) is 45.9 Å². The quantitative estimate of drug-likeness (QED) is 0.848. The van der Waals surface area contributed by atoms with Gasteiger partial charge >= 0.3 is 0 Å². The Hall–Kier alpha value is -1.19. The highest BCUT2D eigenvalue weighted by molar-refractivity contribution is 7.86. The summed E-state index contributed by atoms with van der Waals surface area (Å²) < 4.78 is 39.6. The molecule has 2 saturated heterocycles. The minimum absolute atomic E-state index is 0.206. The standard InChI is InChI=1S/C15H23N3O4S/c1-21-14-4-2-13(3-5-14)15-12-16-6-7-18(15)23(19,20)17-8-10-22-11-9-17/h2-5,15-16H,6-12H2,1H3/t15-/m0/s1. The molecule has 3 rings (SSSR count). The van der Waals surface area contributed by atoms with Gasteiger partial charge < -0.3 is 14.8 Å². The van der Waals surface area contributed by atoms with E-state index in [1.807, 2.05) is 24.3 Å². The van der Waals surface area contributed by atoms with Crippen molar-refractivity contribution in [2.45, 2.75) is 6.04 Å². The molecule has 1 aromatic carbocycles. The predicted octanol–water partition coefficient (Wildman–Crippen LogP) is 0.219. The highest BCUT2D eigenvalue weighted by atomic mass is 32.2. The first-order valence-electron chi connectivity index (χ1n) is 7.82. The van der Waals surface area contributed by atoms with Gasteiger partial charge in [-0.25, -0.2) is 0 Å². The number of piperazine rings is 1. The van der Waals surface area contributed by atoms with E-state index in [1.54, 1.807) is 11.4 Å². The van der Waals surface area contributed by atoms with Crippen LogP contribution in [0.5, 0.6) is 5.75 Å². The van der Waals surface area contributed by atoms with E-state index in [1.165, 1.54) is 4.31 Å². The fourth-order valence-electron chi connectivity index (χ4n) is 3.00. The summed E-state index contributed by atoms with van der Waals surface area (Å²) in [5.41, 5.74) is 0.967. The second-order valence-electron chi connectivity index (χ2n) is 5.62. The fourth-order valence-corrected chi connectivity index (χ4v) is 4.74. The number of nitrogens with one attached hydrogen (secondary N) is 1.